The van der Waals surface area contributed by atoms with Crippen molar-refractivity contribution in [3.8, 4) is 0 Å². The summed E-state index contributed by atoms with van der Waals surface area (Å²) in [5, 5.41) is 10.5. The Morgan fingerprint density at radius 2 is 2.19 bits per heavy atom. The molecule has 6 nitrogen and oxygen atoms in total. The number of non-ortho nitro benzene ring substituents is 1. The summed E-state index contributed by atoms with van der Waals surface area (Å²) in [6, 6.07) is 3.54. The van der Waals surface area contributed by atoms with E-state index < -0.39 is 16.0 Å². The van der Waals surface area contributed by atoms with E-state index in [4.69, 9.17) is 7.98 Å². The number of benzene rings is 1. The van der Waals surface area contributed by atoms with Crippen LogP contribution < -0.4 is 0 Å². The van der Waals surface area contributed by atoms with Gasteiger partial charge in [-0.2, -0.15) is 0 Å². The molecule has 0 amide bonds. The van der Waals surface area contributed by atoms with Crippen LogP contribution in [-0.4, -0.2) is 33.5 Å². The van der Waals surface area contributed by atoms with E-state index in [1.54, 1.807) is 0 Å². The molecule has 1 atom stereocenters. The van der Waals surface area contributed by atoms with Crippen molar-refractivity contribution in [3.05, 3.63) is 33.9 Å². The van der Waals surface area contributed by atoms with Crippen molar-refractivity contribution < 1.29 is 13.7 Å². The first-order valence-corrected chi connectivity index (χ1v) is 5.31. The van der Waals surface area contributed by atoms with Gasteiger partial charge in [0, 0.05) is 23.6 Å². The molecule has 0 aliphatic carbocycles. The zero-order valence-electron chi connectivity index (χ0n) is 8.45. The number of rotatable bonds is 4. The normalized spacial score (nSPS) is 12.7. The lowest BCUT2D eigenvalue weighted by Gasteiger charge is -2.15. The van der Waals surface area contributed by atoms with Crippen molar-refractivity contribution in [2.45, 2.75) is 11.4 Å². The van der Waals surface area contributed by atoms with Gasteiger partial charge in [0.15, 0.2) is 7.98 Å². The molecule has 0 saturated heterocycles. The van der Waals surface area contributed by atoms with Crippen LogP contribution in [-0.2, 0) is 17.6 Å². The molecule has 0 aliphatic heterocycles. The Morgan fingerprint density at radius 3 is 2.62 bits per heavy atom. The molecule has 0 aliphatic rings. The van der Waals surface area contributed by atoms with Crippen molar-refractivity contribution in [1.82, 2.24) is 4.81 Å². The van der Waals surface area contributed by atoms with E-state index >= 15 is 0 Å². The van der Waals surface area contributed by atoms with Crippen LogP contribution in [0, 0.1) is 10.1 Å². The van der Waals surface area contributed by atoms with Gasteiger partial charge in [0.1, 0.15) is 0 Å². The van der Waals surface area contributed by atoms with E-state index in [2.05, 4.69) is 0 Å². The first-order valence-electron chi connectivity index (χ1n) is 4.24. The van der Waals surface area contributed by atoms with Crippen LogP contribution >= 0.6 is 0 Å². The molecule has 1 aromatic carbocycles. The van der Waals surface area contributed by atoms with Crippen molar-refractivity contribution in [1.29, 1.82) is 0 Å². The van der Waals surface area contributed by atoms with Gasteiger partial charge in [0.2, 0.25) is 0 Å². The molecule has 0 fully saturated rings. The van der Waals surface area contributed by atoms with E-state index in [-0.39, 0.29) is 17.1 Å². The van der Waals surface area contributed by atoms with Gasteiger partial charge in [0.25, 0.3) is 5.69 Å². The van der Waals surface area contributed by atoms with Gasteiger partial charge in [-0.25, -0.2) is 0 Å². The minimum absolute atomic E-state index is 0.0166. The van der Waals surface area contributed by atoms with E-state index in [9.17, 15) is 18.9 Å². The zero-order chi connectivity index (χ0) is 12.3. The number of hydrogen-bond donors (Lipinski definition) is 0. The largest absolute Gasteiger partial charge is 0.768 e. The number of hydrogen-bond acceptors (Lipinski definition) is 5. The first-order chi connectivity index (χ1) is 7.41. The fourth-order valence-electron chi connectivity index (χ4n) is 1.23. The van der Waals surface area contributed by atoms with Gasteiger partial charge in [-0.3, -0.25) is 14.3 Å². The predicted molar refractivity (Wildman–Crippen MR) is 57.5 cm³/mol. The molecule has 0 N–H and O–H groups in total. The molecule has 2 radical (unpaired) electrons. The number of nitro benzene ring substituents is 1. The fourth-order valence-corrected chi connectivity index (χ4v) is 1.75. The summed E-state index contributed by atoms with van der Waals surface area (Å²) in [7, 11) is 6.92. The fraction of sp³-hybridized carbons (Fsp3) is 0.250. The molecule has 0 saturated carbocycles. The lowest BCUT2D eigenvalue weighted by molar-refractivity contribution is -0.385. The van der Waals surface area contributed by atoms with Gasteiger partial charge < -0.3 is 9.36 Å². The molecule has 1 aromatic rings. The van der Waals surface area contributed by atoms with Crippen molar-refractivity contribution in [2.75, 3.05) is 7.05 Å². The summed E-state index contributed by atoms with van der Waals surface area (Å²) in [4.78, 5) is 11.2. The third-order valence-electron chi connectivity index (χ3n) is 1.85. The minimum atomic E-state index is -2.43. The van der Waals surface area contributed by atoms with E-state index in [0.717, 1.165) is 6.07 Å². The third-order valence-corrected chi connectivity index (χ3v) is 2.61. The van der Waals surface area contributed by atoms with Gasteiger partial charge in [-0.15, -0.1) is 0 Å². The van der Waals surface area contributed by atoms with Gasteiger partial charge in [-0.1, -0.05) is 0 Å². The van der Waals surface area contributed by atoms with Crippen molar-refractivity contribution in [2.24, 2.45) is 0 Å². The van der Waals surface area contributed by atoms with Crippen molar-refractivity contribution in [3.63, 3.8) is 0 Å². The molecule has 0 heterocycles. The maximum Gasteiger partial charge on any atom is 0.269 e. The highest BCUT2D eigenvalue weighted by atomic mass is 32.2. The molecular weight excluding hydrogens is 231 g/mol. The smallest absolute Gasteiger partial charge is 0.269 e. The zero-order valence-corrected chi connectivity index (χ0v) is 9.27. The average molecular weight is 239 g/mol. The van der Waals surface area contributed by atoms with Crippen LogP contribution in [0.15, 0.2) is 23.1 Å². The molecule has 84 valence electrons. The average Bonchev–Trinajstić information content (AvgIpc) is 2.15. The lowest BCUT2D eigenvalue weighted by Crippen LogP contribution is -2.14. The molecule has 1 unspecified atom stereocenters. The standard InChI is InChI=1S/C8H9BN2O4S/c1-10(9)5-6-4-7(11(12)13)2-3-8(6)16(14)15/h2-4H,5H2,1H3,(H,14,15)/p-1. The SMILES string of the molecule is [B]N(C)Cc1cc([N+](=O)[O-])ccc1S(=O)[O-]. The van der Waals surface area contributed by atoms with Crippen LogP contribution in [0.25, 0.3) is 0 Å². The maximum atomic E-state index is 10.9. The topological polar surface area (TPSA) is 86.5 Å². The van der Waals surface area contributed by atoms with E-state index in [1.165, 1.54) is 24.0 Å². The Hall–Kier alpha value is -1.25. The molecule has 1 rings (SSSR count). The Labute approximate surface area is 96.1 Å². The highest BCUT2D eigenvalue weighted by Crippen LogP contribution is 2.20. The second-order valence-corrected chi connectivity index (χ2v) is 4.11. The highest BCUT2D eigenvalue weighted by Gasteiger charge is 2.11. The van der Waals surface area contributed by atoms with Crippen LogP contribution in [0.1, 0.15) is 5.56 Å². The van der Waals surface area contributed by atoms with Crippen LogP contribution in [0.2, 0.25) is 0 Å². The monoisotopic (exact) mass is 239 g/mol. The predicted octanol–water partition coefficient (Wildman–Crippen LogP) is 0.348. The summed E-state index contributed by atoms with van der Waals surface area (Å²) < 4.78 is 21.7. The quantitative estimate of drug-likeness (QED) is 0.327. The van der Waals surface area contributed by atoms with Crippen LogP contribution in [0.5, 0.6) is 0 Å². The summed E-state index contributed by atoms with van der Waals surface area (Å²) >= 11 is -2.43. The van der Waals surface area contributed by atoms with E-state index in [0.29, 0.717) is 5.56 Å². The molecule has 0 spiro atoms. The molecular formula is C8H8BN2O4S-. The molecule has 0 aromatic heterocycles. The number of nitro groups is 1. The van der Waals surface area contributed by atoms with Crippen molar-refractivity contribution >= 4 is 24.7 Å². The lowest BCUT2D eigenvalue weighted by atomic mass is 10.1. The van der Waals surface area contributed by atoms with Gasteiger partial charge in [-0.05, 0) is 29.8 Å². The van der Waals surface area contributed by atoms with Gasteiger partial charge >= 0.3 is 0 Å². The second-order valence-electron chi connectivity index (χ2n) is 3.20. The first kappa shape index (κ1) is 12.8. The molecule has 8 heteroatoms. The Kier molecular flexibility index (Phi) is 4.16. The van der Waals surface area contributed by atoms with E-state index in [1.807, 2.05) is 0 Å². The van der Waals surface area contributed by atoms with Gasteiger partial charge in [0.05, 0.1) is 4.92 Å². The second kappa shape index (κ2) is 5.19. The Morgan fingerprint density at radius 1 is 1.56 bits per heavy atom. The molecule has 0 bridgehead atoms. The highest BCUT2D eigenvalue weighted by molar-refractivity contribution is 7.79. The Balaban J connectivity index is 3.21. The van der Waals surface area contributed by atoms with Crippen LogP contribution in [0.3, 0.4) is 0 Å². The summed E-state index contributed by atoms with van der Waals surface area (Å²) in [5.74, 6) is 0. The maximum absolute atomic E-state index is 10.9. The molecule has 16 heavy (non-hydrogen) atoms. The van der Waals surface area contributed by atoms with Crippen LogP contribution in [0.4, 0.5) is 5.69 Å². The number of nitrogens with zero attached hydrogens (tertiary/aromatic N) is 2. The summed E-state index contributed by atoms with van der Waals surface area (Å²) in [6.45, 7) is 0.116. The third kappa shape index (κ3) is 3.12. The summed E-state index contributed by atoms with van der Waals surface area (Å²) in [6.07, 6.45) is 0. The summed E-state index contributed by atoms with van der Waals surface area (Å²) in [5.41, 5.74) is 0.138. The minimum Gasteiger partial charge on any atom is -0.768 e. The Bertz CT molecular complexity index is 438.